The standard InChI is InChI=1S/C18H23NO4Se/c1-18(2,3)23-17(21)19-14(16(20)22-4)10-9-13-11-12-7-5-6-8-15(12)24-13/h5-8,11,14H,9-10H2,1-4H3,(H,19,21)/t14-/m0/s1. The number of rotatable bonds is 5. The molecule has 6 heteroatoms. The molecule has 0 unspecified atom stereocenters. The molecule has 1 atom stereocenters. The van der Waals surface area contributed by atoms with Crippen LogP contribution in [0.4, 0.5) is 4.79 Å². The average Bonchev–Trinajstić information content (AvgIpc) is 2.91. The summed E-state index contributed by atoms with van der Waals surface area (Å²) in [6, 6.07) is 9.77. The van der Waals surface area contributed by atoms with E-state index in [0.717, 1.165) is 6.42 Å². The van der Waals surface area contributed by atoms with Crippen LogP contribution in [0.15, 0.2) is 30.3 Å². The van der Waals surface area contributed by atoms with Gasteiger partial charge in [0, 0.05) is 0 Å². The number of fused-ring (bicyclic) bond motifs is 1. The van der Waals surface area contributed by atoms with Crippen LogP contribution in [0.5, 0.6) is 0 Å². The molecule has 24 heavy (non-hydrogen) atoms. The van der Waals surface area contributed by atoms with Gasteiger partial charge in [0.15, 0.2) is 0 Å². The van der Waals surface area contributed by atoms with Gasteiger partial charge in [-0.1, -0.05) is 0 Å². The minimum absolute atomic E-state index is 0.281. The number of esters is 1. The van der Waals surface area contributed by atoms with E-state index < -0.39 is 23.7 Å². The molecule has 1 aromatic heterocycles. The zero-order valence-corrected chi connectivity index (χ0v) is 16.1. The number of amides is 1. The molecule has 0 aliphatic carbocycles. The van der Waals surface area contributed by atoms with Crippen molar-refractivity contribution in [3.63, 3.8) is 0 Å². The third kappa shape index (κ3) is 5.39. The van der Waals surface area contributed by atoms with Crippen molar-refractivity contribution < 1.29 is 19.1 Å². The summed E-state index contributed by atoms with van der Waals surface area (Å²) >= 11 is 0.281. The zero-order valence-electron chi connectivity index (χ0n) is 14.4. The number of hydrogen-bond acceptors (Lipinski definition) is 4. The van der Waals surface area contributed by atoms with Gasteiger partial charge in [-0.15, -0.1) is 0 Å². The molecule has 0 bridgehead atoms. The van der Waals surface area contributed by atoms with Gasteiger partial charge >= 0.3 is 148 Å². The van der Waals surface area contributed by atoms with Crippen molar-refractivity contribution in [1.82, 2.24) is 5.32 Å². The van der Waals surface area contributed by atoms with Crippen molar-refractivity contribution in [3.8, 4) is 0 Å². The van der Waals surface area contributed by atoms with Gasteiger partial charge in [-0.2, -0.15) is 0 Å². The van der Waals surface area contributed by atoms with Crippen LogP contribution in [0.3, 0.4) is 0 Å². The van der Waals surface area contributed by atoms with E-state index in [2.05, 4.69) is 23.5 Å². The number of alkyl carbamates (subject to hydrolysis) is 1. The number of hydrogen-bond donors (Lipinski definition) is 1. The van der Waals surface area contributed by atoms with E-state index in [9.17, 15) is 9.59 Å². The first-order valence-corrected chi connectivity index (χ1v) is 9.54. The van der Waals surface area contributed by atoms with Gasteiger partial charge in [-0.05, 0) is 0 Å². The molecule has 0 aliphatic heterocycles. The Bertz CT molecular complexity index is 684. The predicted octanol–water partition coefficient (Wildman–Crippen LogP) is 2.90. The molecule has 0 spiro atoms. The van der Waals surface area contributed by atoms with Gasteiger partial charge in [-0.3, -0.25) is 0 Å². The van der Waals surface area contributed by atoms with Crippen LogP contribution in [0, 0.1) is 0 Å². The second kappa shape index (κ2) is 7.86. The van der Waals surface area contributed by atoms with Crippen LogP contribution in [0.2, 0.25) is 0 Å². The van der Waals surface area contributed by atoms with Gasteiger partial charge in [0.1, 0.15) is 0 Å². The van der Waals surface area contributed by atoms with E-state index in [-0.39, 0.29) is 14.5 Å². The van der Waals surface area contributed by atoms with Gasteiger partial charge in [-0.25, -0.2) is 0 Å². The number of ether oxygens (including phenoxy) is 2. The molecule has 0 fully saturated rings. The molecule has 2 aromatic rings. The van der Waals surface area contributed by atoms with Crippen molar-refractivity contribution in [2.45, 2.75) is 45.3 Å². The van der Waals surface area contributed by atoms with Gasteiger partial charge in [0.2, 0.25) is 0 Å². The van der Waals surface area contributed by atoms with Crippen LogP contribution >= 0.6 is 0 Å². The van der Waals surface area contributed by atoms with Crippen molar-refractivity contribution in [2.75, 3.05) is 7.11 Å². The minimum atomic E-state index is -0.703. The SMILES string of the molecule is COC(=O)[C@H](CCc1cc2ccccc2[se]1)NC(=O)OC(C)(C)C. The summed E-state index contributed by atoms with van der Waals surface area (Å²) in [5.41, 5.74) is -0.608. The third-order valence-corrected chi connectivity index (χ3v) is 5.80. The van der Waals surface area contributed by atoms with Crippen molar-refractivity contribution in [1.29, 1.82) is 0 Å². The molecule has 0 saturated heterocycles. The van der Waals surface area contributed by atoms with Crippen LogP contribution in [-0.4, -0.2) is 45.3 Å². The average molecular weight is 396 g/mol. The summed E-state index contributed by atoms with van der Waals surface area (Å²) in [4.78, 5) is 23.8. The molecule has 0 aliphatic rings. The fourth-order valence-electron chi connectivity index (χ4n) is 2.29. The van der Waals surface area contributed by atoms with E-state index in [1.165, 1.54) is 21.2 Å². The van der Waals surface area contributed by atoms with Gasteiger partial charge < -0.3 is 0 Å². The molecule has 2 rings (SSSR count). The maximum absolute atomic E-state index is 11.9. The van der Waals surface area contributed by atoms with Crippen LogP contribution in [0.25, 0.3) is 9.65 Å². The number of benzene rings is 1. The van der Waals surface area contributed by atoms with Crippen molar-refractivity contribution in [3.05, 3.63) is 34.8 Å². The van der Waals surface area contributed by atoms with Crippen LogP contribution in [0.1, 0.15) is 31.6 Å². The quantitative estimate of drug-likeness (QED) is 0.624. The van der Waals surface area contributed by atoms with Crippen molar-refractivity contribution in [2.24, 2.45) is 0 Å². The molecular formula is C18H23NO4Se. The summed E-state index contributed by atoms with van der Waals surface area (Å²) in [6.07, 6.45) is 0.629. The second-order valence-corrected chi connectivity index (χ2v) is 8.96. The Labute approximate surface area is 148 Å². The number of carbonyl (C=O) groups is 2. The molecule has 1 amide bonds. The second-order valence-electron chi connectivity index (χ2n) is 6.51. The molecular weight excluding hydrogens is 373 g/mol. The predicted molar refractivity (Wildman–Crippen MR) is 94.4 cm³/mol. The summed E-state index contributed by atoms with van der Waals surface area (Å²) < 4.78 is 12.7. The molecule has 1 aromatic carbocycles. The molecule has 1 heterocycles. The zero-order chi connectivity index (χ0) is 17.7. The number of aryl methyl sites for hydroxylation is 1. The van der Waals surface area contributed by atoms with E-state index in [4.69, 9.17) is 9.47 Å². The summed E-state index contributed by atoms with van der Waals surface area (Å²) in [5.74, 6) is -0.454. The van der Waals surface area contributed by atoms with Crippen LogP contribution in [-0.2, 0) is 20.7 Å². The summed E-state index contributed by atoms with van der Waals surface area (Å²) in [5, 5.41) is 3.87. The van der Waals surface area contributed by atoms with Gasteiger partial charge in [0.05, 0.1) is 0 Å². The summed E-state index contributed by atoms with van der Waals surface area (Å²) in [7, 11) is 1.32. The number of nitrogens with one attached hydrogen (secondary N) is 1. The van der Waals surface area contributed by atoms with E-state index in [1.54, 1.807) is 20.8 Å². The molecule has 0 radical (unpaired) electrons. The molecule has 5 nitrogen and oxygen atoms in total. The first-order chi connectivity index (χ1) is 11.3. The van der Waals surface area contributed by atoms with E-state index >= 15 is 0 Å². The third-order valence-electron chi connectivity index (χ3n) is 3.33. The topological polar surface area (TPSA) is 64.6 Å². The Morgan fingerprint density at radius 2 is 1.96 bits per heavy atom. The molecule has 0 saturated carbocycles. The maximum atomic E-state index is 11.9. The molecule has 1 N–H and O–H groups in total. The normalized spacial score (nSPS) is 12.7. The first kappa shape index (κ1) is 18.6. The Balaban J connectivity index is 2.00. The molecule has 130 valence electrons. The van der Waals surface area contributed by atoms with Crippen molar-refractivity contribution >= 4 is 36.2 Å². The summed E-state index contributed by atoms with van der Waals surface area (Å²) in [6.45, 7) is 5.34. The Kier molecular flexibility index (Phi) is 6.08. The van der Waals surface area contributed by atoms with Gasteiger partial charge in [0.25, 0.3) is 0 Å². The Morgan fingerprint density at radius 1 is 1.25 bits per heavy atom. The number of methoxy groups -OCH3 is 1. The monoisotopic (exact) mass is 397 g/mol. The van der Waals surface area contributed by atoms with E-state index in [1.807, 2.05) is 12.1 Å². The van der Waals surface area contributed by atoms with Crippen LogP contribution < -0.4 is 5.32 Å². The first-order valence-electron chi connectivity index (χ1n) is 7.83. The number of carbonyl (C=O) groups excluding carboxylic acids is 2. The Morgan fingerprint density at radius 3 is 2.58 bits per heavy atom. The fraction of sp³-hybridized carbons (Fsp3) is 0.444. The Hall–Kier alpha value is -1.78. The fourth-order valence-corrected chi connectivity index (χ4v) is 4.55. The van der Waals surface area contributed by atoms with E-state index in [0.29, 0.717) is 6.42 Å².